The van der Waals surface area contributed by atoms with Gasteiger partial charge in [-0.05, 0) is 19.3 Å². The zero-order chi connectivity index (χ0) is 10.5. The monoisotopic (exact) mass is 214 g/mol. The molecule has 4 nitrogen and oxygen atoms in total. The molecule has 2 aliphatic rings. The highest BCUT2D eigenvalue weighted by Gasteiger charge is 2.26. The van der Waals surface area contributed by atoms with E-state index in [-0.39, 0.29) is 6.61 Å². The average molecular weight is 214 g/mol. The van der Waals surface area contributed by atoms with Crippen LogP contribution in [0.25, 0.3) is 0 Å². The molecule has 0 aromatic carbocycles. The highest BCUT2D eigenvalue weighted by Crippen LogP contribution is 2.16. The molecule has 0 bridgehead atoms. The molecule has 2 rings (SSSR count). The van der Waals surface area contributed by atoms with Gasteiger partial charge in [-0.2, -0.15) is 0 Å². The van der Waals surface area contributed by atoms with Crippen molar-refractivity contribution in [3.8, 4) is 0 Å². The fourth-order valence-electron chi connectivity index (χ4n) is 2.53. The first-order valence-electron chi connectivity index (χ1n) is 6.07. The summed E-state index contributed by atoms with van der Waals surface area (Å²) in [5, 5.41) is 12.4. The van der Waals surface area contributed by atoms with Crippen molar-refractivity contribution in [2.24, 2.45) is 0 Å². The summed E-state index contributed by atoms with van der Waals surface area (Å²) in [5.41, 5.74) is 0. The van der Waals surface area contributed by atoms with E-state index in [1.807, 2.05) is 0 Å². The maximum atomic E-state index is 9.01. The normalized spacial score (nSPS) is 33.4. The fraction of sp³-hybridized carbons (Fsp3) is 1.00. The molecule has 15 heavy (non-hydrogen) atoms. The summed E-state index contributed by atoms with van der Waals surface area (Å²) in [6.45, 7) is 5.43. The van der Waals surface area contributed by atoms with Crippen LogP contribution < -0.4 is 5.32 Å². The largest absolute Gasteiger partial charge is 0.396 e. The molecule has 2 heterocycles. The predicted octanol–water partition coefficient (Wildman–Crippen LogP) is -0.178. The molecule has 2 aliphatic heterocycles. The van der Waals surface area contributed by atoms with Crippen LogP contribution in [-0.4, -0.2) is 61.5 Å². The third-order valence-electron chi connectivity index (χ3n) is 3.40. The Morgan fingerprint density at radius 2 is 2.40 bits per heavy atom. The van der Waals surface area contributed by atoms with Crippen LogP contribution in [0.2, 0.25) is 0 Å². The van der Waals surface area contributed by atoms with Gasteiger partial charge in [-0.1, -0.05) is 0 Å². The minimum Gasteiger partial charge on any atom is -0.396 e. The van der Waals surface area contributed by atoms with Gasteiger partial charge in [0.05, 0.1) is 6.10 Å². The van der Waals surface area contributed by atoms with Crippen LogP contribution in [0.4, 0.5) is 0 Å². The van der Waals surface area contributed by atoms with Crippen molar-refractivity contribution < 1.29 is 9.84 Å². The Morgan fingerprint density at radius 3 is 3.13 bits per heavy atom. The van der Waals surface area contributed by atoms with Gasteiger partial charge >= 0.3 is 0 Å². The summed E-state index contributed by atoms with van der Waals surface area (Å²) >= 11 is 0. The number of aliphatic hydroxyl groups excluding tert-OH is 1. The molecule has 0 aromatic heterocycles. The van der Waals surface area contributed by atoms with Crippen molar-refractivity contribution in [1.29, 1.82) is 0 Å². The Hall–Kier alpha value is -0.160. The van der Waals surface area contributed by atoms with Gasteiger partial charge < -0.3 is 15.2 Å². The summed E-state index contributed by atoms with van der Waals surface area (Å²) in [6.07, 6.45) is 3.72. The Bertz CT molecular complexity index is 181. The van der Waals surface area contributed by atoms with E-state index < -0.39 is 0 Å². The molecule has 4 heteroatoms. The van der Waals surface area contributed by atoms with E-state index in [1.165, 1.54) is 12.8 Å². The van der Waals surface area contributed by atoms with Gasteiger partial charge in [0.1, 0.15) is 0 Å². The molecule has 0 radical (unpaired) electrons. The lowest BCUT2D eigenvalue weighted by Crippen LogP contribution is -2.53. The highest BCUT2D eigenvalue weighted by molar-refractivity contribution is 4.82. The van der Waals surface area contributed by atoms with Gasteiger partial charge in [-0.3, -0.25) is 4.90 Å². The minimum atomic E-state index is 0.286. The zero-order valence-electron chi connectivity index (χ0n) is 9.32. The molecule has 2 unspecified atom stereocenters. The van der Waals surface area contributed by atoms with Crippen molar-refractivity contribution in [2.75, 3.05) is 39.4 Å². The van der Waals surface area contributed by atoms with Crippen LogP contribution in [0.1, 0.15) is 19.3 Å². The molecule has 0 spiro atoms. The molecular weight excluding hydrogens is 192 g/mol. The number of piperazine rings is 1. The van der Waals surface area contributed by atoms with Crippen molar-refractivity contribution in [1.82, 2.24) is 10.2 Å². The molecule has 88 valence electrons. The lowest BCUT2D eigenvalue weighted by Gasteiger charge is -2.37. The van der Waals surface area contributed by atoms with E-state index in [0.29, 0.717) is 12.1 Å². The Kier molecular flexibility index (Phi) is 4.38. The van der Waals surface area contributed by atoms with E-state index in [9.17, 15) is 0 Å². The first-order valence-corrected chi connectivity index (χ1v) is 6.07. The van der Waals surface area contributed by atoms with Gasteiger partial charge in [0, 0.05) is 45.4 Å². The summed E-state index contributed by atoms with van der Waals surface area (Å²) in [6, 6.07) is 0.493. The van der Waals surface area contributed by atoms with Crippen molar-refractivity contribution in [3.63, 3.8) is 0 Å². The molecule has 2 N–H and O–H groups in total. The second-order valence-electron chi connectivity index (χ2n) is 4.50. The summed E-state index contributed by atoms with van der Waals surface area (Å²) in [7, 11) is 0. The van der Waals surface area contributed by atoms with Gasteiger partial charge in [0.2, 0.25) is 0 Å². The van der Waals surface area contributed by atoms with Crippen LogP contribution in [0.5, 0.6) is 0 Å². The predicted molar refractivity (Wildman–Crippen MR) is 58.9 cm³/mol. The van der Waals surface area contributed by atoms with Gasteiger partial charge in [0.25, 0.3) is 0 Å². The third kappa shape index (κ3) is 3.14. The smallest absolute Gasteiger partial charge is 0.0702 e. The first kappa shape index (κ1) is 11.3. The van der Waals surface area contributed by atoms with E-state index in [2.05, 4.69) is 10.2 Å². The Balaban J connectivity index is 1.80. The van der Waals surface area contributed by atoms with Gasteiger partial charge in [0.15, 0.2) is 0 Å². The van der Waals surface area contributed by atoms with Crippen LogP contribution in [0, 0.1) is 0 Å². The lowest BCUT2D eigenvalue weighted by molar-refractivity contribution is 0.0424. The zero-order valence-corrected chi connectivity index (χ0v) is 9.32. The molecule has 2 fully saturated rings. The molecule has 0 saturated carbocycles. The fourth-order valence-corrected chi connectivity index (χ4v) is 2.53. The van der Waals surface area contributed by atoms with E-state index >= 15 is 0 Å². The number of hydrogen-bond donors (Lipinski definition) is 2. The Morgan fingerprint density at radius 1 is 1.47 bits per heavy atom. The van der Waals surface area contributed by atoms with Crippen molar-refractivity contribution >= 4 is 0 Å². The van der Waals surface area contributed by atoms with Crippen LogP contribution in [-0.2, 0) is 4.74 Å². The standard InChI is InChI=1S/C11H22N2O2/c14-6-3-10-8-12-4-5-13(10)9-11-2-1-7-15-11/h10-12,14H,1-9H2. The quantitative estimate of drug-likeness (QED) is 0.681. The molecule has 0 aliphatic carbocycles. The van der Waals surface area contributed by atoms with Gasteiger partial charge in [-0.25, -0.2) is 0 Å². The summed E-state index contributed by atoms with van der Waals surface area (Å²) < 4.78 is 5.66. The number of ether oxygens (including phenoxy) is 1. The molecule has 0 amide bonds. The Labute approximate surface area is 91.6 Å². The third-order valence-corrected chi connectivity index (χ3v) is 3.40. The average Bonchev–Trinajstić information content (AvgIpc) is 2.74. The topological polar surface area (TPSA) is 44.7 Å². The van der Waals surface area contributed by atoms with Crippen molar-refractivity contribution in [3.05, 3.63) is 0 Å². The molecule has 2 saturated heterocycles. The van der Waals surface area contributed by atoms with Crippen molar-refractivity contribution in [2.45, 2.75) is 31.4 Å². The second kappa shape index (κ2) is 5.80. The number of nitrogens with one attached hydrogen (secondary N) is 1. The van der Waals surface area contributed by atoms with Crippen LogP contribution in [0.15, 0.2) is 0 Å². The number of aliphatic hydroxyl groups is 1. The van der Waals surface area contributed by atoms with E-state index in [1.54, 1.807) is 0 Å². The van der Waals surface area contributed by atoms with E-state index in [4.69, 9.17) is 9.84 Å². The SMILES string of the molecule is OCCC1CNCCN1CC1CCCO1. The minimum absolute atomic E-state index is 0.286. The molecule has 0 aromatic rings. The molecular formula is C11H22N2O2. The van der Waals surface area contributed by atoms with Crippen LogP contribution in [0.3, 0.4) is 0 Å². The van der Waals surface area contributed by atoms with E-state index in [0.717, 1.165) is 39.2 Å². The van der Waals surface area contributed by atoms with Gasteiger partial charge in [-0.15, -0.1) is 0 Å². The second-order valence-corrected chi connectivity index (χ2v) is 4.50. The number of hydrogen-bond acceptors (Lipinski definition) is 4. The molecule has 2 atom stereocenters. The lowest BCUT2D eigenvalue weighted by atomic mass is 10.1. The van der Waals surface area contributed by atoms with Crippen LogP contribution >= 0.6 is 0 Å². The highest BCUT2D eigenvalue weighted by atomic mass is 16.5. The summed E-state index contributed by atoms with van der Waals surface area (Å²) in [5.74, 6) is 0. The first-order chi connectivity index (χ1) is 7.40. The number of nitrogens with zero attached hydrogens (tertiary/aromatic N) is 1. The summed E-state index contributed by atoms with van der Waals surface area (Å²) in [4.78, 5) is 2.47. The maximum Gasteiger partial charge on any atom is 0.0702 e. The number of rotatable bonds is 4. The maximum absolute atomic E-state index is 9.01.